The van der Waals surface area contributed by atoms with Crippen molar-refractivity contribution in [3.8, 4) is 33.6 Å². The zero-order valence-electron chi connectivity index (χ0n) is 24.0. The lowest BCUT2D eigenvalue weighted by molar-refractivity contribution is 1.13. The normalized spacial score (nSPS) is 13.5. The fraction of sp³-hybridized carbons (Fsp3) is 0.0244. The molecule has 4 heterocycles. The summed E-state index contributed by atoms with van der Waals surface area (Å²) >= 11 is 0. The molecule has 200 valence electrons. The van der Waals surface area contributed by atoms with Crippen LogP contribution in [0.2, 0.25) is 0 Å². The number of para-hydroxylation sites is 2. The molecule has 3 heteroatoms. The average molecular weight is 554 g/mol. The zero-order valence-corrected chi connectivity index (χ0v) is 24.0. The first-order valence-electron chi connectivity index (χ1n) is 15.6. The second-order valence-electron chi connectivity index (χ2n) is 12.9. The molecular formula is C41H23BN2. The molecule has 9 aromatic rings. The summed E-state index contributed by atoms with van der Waals surface area (Å²) in [5.74, 6) is 0. The molecule has 3 aliphatic rings. The lowest BCUT2D eigenvalue weighted by Gasteiger charge is -2.34. The molecule has 0 radical (unpaired) electrons. The van der Waals surface area contributed by atoms with Crippen LogP contribution in [0, 0.1) is 6.92 Å². The number of benzene rings is 7. The van der Waals surface area contributed by atoms with E-state index in [1.165, 1.54) is 110 Å². The lowest BCUT2D eigenvalue weighted by Crippen LogP contribution is -2.59. The second-order valence-corrected chi connectivity index (χ2v) is 12.9. The van der Waals surface area contributed by atoms with Crippen molar-refractivity contribution in [1.82, 2.24) is 9.13 Å². The van der Waals surface area contributed by atoms with E-state index in [-0.39, 0.29) is 6.71 Å². The largest absolute Gasteiger partial charge is 0.310 e. The Balaban J connectivity index is 1.39. The molecule has 0 N–H and O–H groups in total. The third-order valence-electron chi connectivity index (χ3n) is 10.8. The smallest absolute Gasteiger partial charge is 0.252 e. The first kappa shape index (κ1) is 22.1. The Hall–Kier alpha value is -5.54. The summed E-state index contributed by atoms with van der Waals surface area (Å²) in [5, 5.41) is 8.15. The predicted octanol–water partition coefficient (Wildman–Crippen LogP) is 8.13. The van der Waals surface area contributed by atoms with E-state index < -0.39 is 0 Å². The monoisotopic (exact) mass is 554 g/mol. The summed E-state index contributed by atoms with van der Waals surface area (Å²) in [4.78, 5) is 0. The van der Waals surface area contributed by atoms with Crippen molar-refractivity contribution in [3.05, 3.63) is 127 Å². The third kappa shape index (κ3) is 2.26. The Morgan fingerprint density at radius 1 is 0.477 bits per heavy atom. The van der Waals surface area contributed by atoms with Gasteiger partial charge in [0.1, 0.15) is 0 Å². The number of hydrogen-bond acceptors (Lipinski definition) is 0. The van der Waals surface area contributed by atoms with Crippen LogP contribution >= 0.6 is 0 Å². The number of nitrogens with zero attached hydrogens (tertiary/aromatic N) is 2. The highest BCUT2D eigenvalue weighted by molar-refractivity contribution is 7.00. The minimum absolute atomic E-state index is 0.153. The number of aromatic nitrogens is 2. The van der Waals surface area contributed by atoms with Gasteiger partial charge in [0.25, 0.3) is 6.71 Å². The van der Waals surface area contributed by atoms with Gasteiger partial charge in [-0.25, -0.2) is 0 Å². The summed E-state index contributed by atoms with van der Waals surface area (Å²) in [6.45, 7) is 2.41. The lowest BCUT2D eigenvalue weighted by atomic mass is 9.34. The fourth-order valence-corrected chi connectivity index (χ4v) is 9.37. The van der Waals surface area contributed by atoms with Gasteiger partial charge in [0, 0.05) is 38.4 Å². The van der Waals surface area contributed by atoms with Gasteiger partial charge in [-0.2, -0.15) is 0 Å². The van der Waals surface area contributed by atoms with Gasteiger partial charge in [-0.05, 0) is 86.2 Å². The molecule has 2 aliphatic heterocycles. The van der Waals surface area contributed by atoms with Crippen molar-refractivity contribution in [2.24, 2.45) is 0 Å². The second kappa shape index (κ2) is 7.15. The van der Waals surface area contributed by atoms with E-state index in [0.717, 1.165) is 0 Å². The molecule has 0 saturated heterocycles. The summed E-state index contributed by atoms with van der Waals surface area (Å²) in [6.07, 6.45) is 0. The van der Waals surface area contributed by atoms with Gasteiger partial charge in [0.05, 0.1) is 16.6 Å². The first-order valence-corrected chi connectivity index (χ1v) is 15.6. The van der Waals surface area contributed by atoms with Crippen molar-refractivity contribution in [3.63, 3.8) is 0 Å². The van der Waals surface area contributed by atoms with Crippen molar-refractivity contribution in [2.45, 2.75) is 6.92 Å². The summed E-state index contributed by atoms with van der Waals surface area (Å²) < 4.78 is 5.17. The Kier molecular flexibility index (Phi) is 3.59. The van der Waals surface area contributed by atoms with Crippen molar-refractivity contribution in [1.29, 1.82) is 0 Å². The van der Waals surface area contributed by atoms with Gasteiger partial charge in [-0.1, -0.05) is 97.1 Å². The van der Waals surface area contributed by atoms with Gasteiger partial charge in [-0.15, -0.1) is 0 Å². The van der Waals surface area contributed by atoms with Crippen LogP contribution in [0.25, 0.3) is 88.0 Å². The van der Waals surface area contributed by atoms with Gasteiger partial charge < -0.3 is 9.13 Å². The highest BCUT2D eigenvalue weighted by Crippen LogP contribution is 2.50. The average Bonchev–Trinajstić information content (AvgIpc) is 3.55. The van der Waals surface area contributed by atoms with Crippen LogP contribution < -0.4 is 16.4 Å². The molecule has 0 amide bonds. The van der Waals surface area contributed by atoms with Crippen molar-refractivity contribution in [2.75, 3.05) is 0 Å². The minimum Gasteiger partial charge on any atom is -0.310 e. The molecule has 2 nitrogen and oxygen atoms in total. The molecule has 0 saturated carbocycles. The quantitative estimate of drug-likeness (QED) is 0.168. The maximum atomic E-state index is 2.62. The SMILES string of the molecule is Cc1cc2c3c(c1)-n1c4cccc5c4c4c6c(cccc6cc(c41)B3c1cccc3c4ccccc4n-2c13)-c1ccccc1-5. The highest BCUT2D eigenvalue weighted by atomic mass is 15.0. The van der Waals surface area contributed by atoms with Crippen LogP contribution in [0.4, 0.5) is 0 Å². The van der Waals surface area contributed by atoms with E-state index in [9.17, 15) is 0 Å². The molecule has 0 spiro atoms. The van der Waals surface area contributed by atoms with Crippen LogP contribution in [0.1, 0.15) is 5.56 Å². The Bertz CT molecular complexity index is 2850. The number of aryl methyl sites for hydroxylation is 1. The molecule has 12 rings (SSSR count). The van der Waals surface area contributed by atoms with Crippen molar-refractivity contribution < 1.29 is 0 Å². The predicted molar refractivity (Wildman–Crippen MR) is 186 cm³/mol. The van der Waals surface area contributed by atoms with E-state index >= 15 is 0 Å². The minimum atomic E-state index is 0.153. The maximum Gasteiger partial charge on any atom is 0.252 e. The van der Waals surface area contributed by atoms with E-state index in [4.69, 9.17) is 0 Å². The van der Waals surface area contributed by atoms with Crippen LogP contribution in [0.15, 0.2) is 121 Å². The maximum absolute atomic E-state index is 2.62. The number of rotatable bonds is 0. The summed E-state index contributed by atoms with van der Waals surface area (Å²) in [6, 6.07) is 46.1. The topological polar surface area (TPSA) is 9.86 Å². The van der Waals surface area contributed by atoms with Crippen LogP contribution in [-0.4, -0.2) is 15.8 Å². The number of fused-ring (bicyclic) bond motifs is 11. The molecule has 7 aromatic carbocycles. The van der Waals surface area contributed by atoms with E-state index in [0.29, 0.717) is 0 Å². The third-order valence-corrected chi connectivity index (χ3v) is 10.8. The molecular weight excluding hydrogens is 531 g/mol. The Labute approximate surface area is 253 Å². The number of hydrogen-bond donors (Lipinski definition) is 0. The fourth-order valence-electron chi connectivity index (χ4n) is 9.37. The van der Waals surface area contributed by atoms with Crippen LogP contribution in [0.5, 0.6) is 0 Å². The van der Waals surface area contributed by atoms with Crippen LogP contribution in [-0.2, 0) is 0 Å². The van der Waals surface area contributed by atoms with Crippen LogP contribution in [0.3, 0.4) is 0 Å². The van der Waals surface area contributed by atoms with Gasteiger partial charge in [0.15, 0.2) is 0 Å². The molecule has 0 bridgehead atoms. The van der Waals surface area contributed by atoms with E-state index in [1.807, 2.05) is 0 Å². The van der Waals surface area contributed by atoms with Gasteiger partial charge >= 0.3 is 0 Å². The highest BCUT2D eigenvalue weighted by Gasteiger charge is 2.42. The summed E-state index contributed by atoms with van der Waals surface area (Å²) in [7, 11) is 0. The first-order chi connectivity index (χ1) is 21.8. The van der Waals surface area contributed by atoms with Gasteiger partial charge in [0.2, 0.25) is 0 Å². The van der Waals surface area contributed by atoms with E-state index in [2.05, 4.69) is 137 Å². The molecule has 0 fully saturated rings. The van der Waals surface area contributed by atoms with Gasteiger partial charge in [-0.3, -0.25) is 0 Å². The molecule has 0 atom stereocenters. The molecule has 0 unspecified atom stereocenters. The standard InChI is InChI=1S/C41H23BN2/c1-22-19-34-39-35(20-22)44-33-18-8-14-28-25-11-3-2-10-24(25)27-13-6-9-23-21-31(41(44)38(36(23)27)37(28)33)42(39)30-16-7-15-29-26-12-4-5-17-32(26)43(34)40(29)30/h2-21H,1H3. The zero-order chi connectivity index (χ0) is 28.4. The molecule has 44 heavy (non-hydrogen) atoms. The Morgan fingerprint density at radius 3 is 1.95 bits per heavy atom. The van der Waals surface area contributed by atoms with Crippen molar-refractivity contribution >= 4 is 77.5 Å². The van der Waals surface area contributed by atoms with E-state index in [1.54, 1.807) is 0 Å². The Morgan fingerprint density at radius 2 is 1.11 bits per heavy atom. The summed E-state index contributed by atoms with van der Waals surface area (Å²) in [5.41, 5.74) is 18.8. The molecule has 2 aromatic heterocycles. The molecule has 1 aliphatic carbocycles.